The topological polar surface area (TPSA) is 99.0 Å². The van der Waals surface area contributed by atoms with Crippen molar-refractivity contribution >= 4 is 11.9 Å². The summed E-state index contributed by atoms with van der Waals surface area (Å²) in [5.74, 6) is -0.813. The second kappa shape index (κ2) is 6.41. The maximum Gasteiger partial charge on any atom is 0.325 e. The number of tetrazole rings is 1. The third-order valence-electron chi connectivity index (χ3n) is 2.44. The molecule has 104 valence electrons. The van der Waals surface area contributed by atoms with E-state index in [9.17, 15) is 9.59 Å². The van der Waals surface area contributed by atoms with Gasteiger partial charge in [0.2, 0.25) is 0 Å². The summed E-state index contributed by atoms with van der Waals surface area (Å²) in [5, 5.41) is 13.3. The number of esters is 1. The van der Waals surface area contributed by atoms with Crippen molar-refractivity contribution in [2.45, 2.75) is 6.92 Å². The molecule has 0 bridgehead atoms. The Balaban J connectivity index is 1.96. The Morgan fingerprint density at radius 3 is 2.65 bits per heavy atom. The zero-order valence-corrected chi connectivity index (χ0v) is 10.8. The van der Waals surface area contributed by atoms with Gasteiger partial charge in [0, 0.05) is 5.56 Å². The minimum atomic E-state index is -0.467. The number of nitrogens with one attached hydrogen (secondary N) is 1. The van der Waals surface area contributed by atoms with Crippen LogP contribution in [0, 0.1) is 0 Å². The molecule has 20 heavy (non-hydrogen) atoms. The number of carbonyl (C=O) groups excluding carboxylic acids is 2. The summed E-state index contributed by atoms with van der Waals surface area (Å²) in [5.41, 5.74) is 1.17. The van der Waals surface area contributed by atoms with E-state index in [0.717, 1.165) is 5.69 Å². The standard InChI is InChI=1S/C12H13N5O3/c1-2-20-11(18)7-13-12(19)9-3-5-10(6-4-9)17-8-14-15-16-17/h3-6,8H,2,7H2,1H3,(H,13,19). The van der Waals surface area contributed by atoms with Gasteiger partial charge < -0.3 is 10.1 Å². The molecular formula is C12H13N5O3. The lowest BCUT2D eigenvalue weighted by Gasteiger charge is -2.05. The highest BCUT2D eigenvalue weighted by atomic mass is 16.5. The molecule has 8 nitrogen and oxygen atoms in total. The van der Waals surface area contributed by atoms with E-state index in [1.54, 1.807) is 31.2 Å². The van der Waals surface area contributed by atoms with Gasteiger partial charge in [-0.05, 0) is 41.6 Å². The quantitative estimate of drug-likeness (QED) is 0.768. The summed E-state index contributed by atoms with van der Waals surface area (Å²) in [6.45, 7) is 1.84. The molecule has 0 aliphatic rings. The number of amides is 1. The SMILES string of the molecule is CCOC(=O)CNC(=O)c1ccc(-n2cnnn2)cc1. The zero-order valence-electron chi connectivity index (χ0n) is 10.8. The highest BCUT2D eigenvalue weighted by Gasteiger charge is 2.08. The van der Waals surface area contributed by atoms with E-state index >= 15 is 0 Å². The van der Waals surface area contributed by atoms with Crippen LogP contribution in [0.2, 0.25) is 0 Å². The van der Waals surface area contributed by atoms with Crippen molar-refractivity contribution in [3.05, 3.63) is 36.2 Å². The third kappa shape index (κ3) is 3.37. The first-order chi connectivity index (χ1) is 9.70. The molecule has 1 aromatic carbocycles. The van der Waals surface area contributed by atoms with E-state index < -0.39 is 5.97 Å². The molecule has 0 saturated carbocycles. The first kappa shape index (κ1) is 13.7. The molecular weight excluding hydrogens is 262 g/mol. The number of rotatable bonds is 5. The molecule has 2 aromatic rings. The Morgan fingerprint density at radius 2 is 2.05 bits per heavy atom. The highest BCUT2D eigenvalue weighted by Crippen LogP contribution is 2.07. The number of hydrogen-bond acceptors (Lipinski definition) is 6. The van der Waals surface area contributed by atoms with Gasteiger partial charge in [-0.2, -0.15) is 0 Å². The summed E-state index contributed by atoms with van der Waals surface area (Å²) in [6.07, 6.45) is 1.45. The first-order valence-electron chi connectivity index (χ1n) is 5.98. The second-order valence-electron chi connectivity index (χ2n) is 3.79. The van der Waals surface area contributed by atoms with Gasteiger partial charge >= 0.3 is 5.97 Å². The second-order valence-corrected chi connectivity index (χ2v) is 3.79. The molecule has 0 spiro atoms. The van der Waals surface area contributed by atoms with Crippen LogP contribution in [-0.2, 0) is 9.53 Å². The summed E-state index contributed by atoms with van der Waals surface area (Å²) < 4.78 is 6.19. The number of hydrogen-bond donors (Lipinski definition) is 1. The number of benzene rings is 1. The van der Waals surface area contributed by atoms with Crippen molar-refractivity contribution in [3.8, 4) is 5.69 Å². The van der Waals surface area contributed by atoms with E-state index in [4.69, 9.17) is 4.74 Å². The van der Waals surface area contributed by atoms with E-state index in [0.29, 0.717) is 5.56 Å². The van der Waals surface area contributed by atoms with Crippen LogP contribution in [0.15, 0.2) is 30.6 Å². The number of aromatic nitrogens is 4. The Morgan fingerprint density at radius 1 is 1.30 bits per heavy atom. The fourth-order valence-corrected chi connectivity index (χ4v) is 1.51. The summed E-state index contributed by atoms with van der Waals surface area (Å²) in [6, 6.07) is 6.65. The Hall–Kier alpha value is -2.77. The van der Waals surface area contributed by atoms with Crippen molar-refractivity contribution in [1.82, 2.24) is 25.5 Å². The Kier molecular flexibility index (Phi) is 4.38. The summed E-state index contributed by atoms with van der Waals surface area (Å²) >= 11 is 0. The van der Waals surface area contributed by atoms with Crippen LogP contribution in [0.25, 0.3) is 5.69 Å². The van der Waals surface area contributed by atoms with Gasteiger partial charge in [0.05, 0.1) is 12.3 Å². The van der Waals surface area contributed by atoms with E-state index in [-0.39, 0.29) is 19.1 Å². The molecule has 0 atom stereocenters. The van der Waals surface area contributed by atoms with Gasteiger partial charge in [0.1, 0.15) is 12.9 Å². The highest BCUT2D eigenvalue weighted by molar-refractivity contribution is 5.96. The smallest absolute Gasteiger partial charge is 0.325 e. The zero-order chi connectivity index (χ0) is 14.4. The molecule has 2 rings (SSSR count). The van der Waals surface area contributed by atoms with Crippen molar-refractivity contribution in [1.29, 1.82) is 0 Å². The summed E-state index contributed by atoms with van der Waals surface area (Å²) in [4.78, 5) is 22.9. The Labute approximate surface area is 114 Å². The average Bonchev–Trinajstić information content (AvgIpc) is 2.99. The van der Waals surface area contributed by atoms with E-state index in [1.165, 1.54) is 11.0 Å². The number of ether oxygens (including phenoxy) is 1. The van der Waals surface area contributed by atoms with Gasteiger partial charge in [0.25, 0.3) is 5.91 Å². The lowest BCUT2D eigenvalue weighted by Crippen LogP contribution is -2.30. The molecule has 0 saturated heterocycles. The molecule has 1 aromatic heterocycles. The van der Waals surface area contributed by atoms with Gasteiger partial charge in [-0.25, -0.2) is 4.68 Å². The van der Waals surface area contributed by atoms with Crippen LogP contribution in [0.5, 0.6) is 0 Å². The van der Waals surface area contributed by atoms with Crippen molar-refractivity contribution in [2.75, 3.05) is 13.2 Å². The summed E-state index contributed by atoms with van der Waals surface area (Å²) in [7, 11) is 0. The molecule has 0 fully saturated rings. The molecule has 0 radical (unpaired) electrons. The maximum atomic E-state index is 11.8. The van der Waals surface area contributed by atoms with Gasteiger partial charge in [-0.3, -0.25) is 9.59 Å². The largest absolute Gasteiger partial charge is 0.465 e. The van der Waals surface area contributed by atoms with Crippen LogP contribution in [0.1, 0.15) is 17.3 Å². The Bertz CT molecular complexity index is 580. The molecule has 1 heterocycles. The molecule has 0 unspecified atom stereocenters. The molecule has 1 N–H and O–H groups in total. The minimum Gasteiger partial charge on any atom is -0.465 e. The lowest BCUT2D eigenvalue weighted by atomic mass is 10.2. The predicted molar refractivity (Wildman–Crippen MR) is 68.1 cm³/mol. The average molecular weight is 275 g/mol. The molecule has 0 aliphatic heterocycles. The molecule has 8 heteroatoms. The lowest BCUT2D eigenvalue weighted by molar-refractivity contribution is -0.141. The van der Waals surface area contributed by atoms with Crippen LogP contribution < -0.4 is 5.32 Å². The van der Waals surface area contributed by atoms with Crippen molar-refractivity contribution < 1.29 is 14.3 Å². The van der Waals surface area contributed by atoms with E-state index in [1.807, 2.05) is 0 Å². The van der Waals surface area contributed by atoms with Gasteiger partial charge in [-0.1, -0.05) is 0 Å². The monoisotopic (exact) mass is 275 g/mol. The van der Waals surface area contributed by atoms with Crippen LogP contribution in [0.3, 0.4) is 0 Å². The normalized spacial score (nSPS) is 10.1. The number of carbonyl (C=O) groups is 2. The third-order valence-corrected chi connectivity index (χ3v) is 2.44. The fourth-order valence-electron chi connectivity index (χ4n) is 1.51. The first-order valence-corrected chi connectivity index (χ1v) is 5.98. The maximum absolute atomic E-state index is 11.8. The fraction of sp³-hybridized carbons (Fsp3) is 0.250. The van der Waals surface area contributed by atoms with Gasteiger partial charge in [-0.15, -0.1) is 5.10 Å². The van der Waals surface area contributed by atoms with Crippen LogP contribution in [0.4, 0.5) is 0 Å². The van der Waals surface area contributed by atoms with Gasteiger partial charge in [0.15, 0.2) is 0 Å². The minimum absolute atomic E-state index is 0.151. The molecule has 1 amide bonds. The van der Waals surface area contributed by atoms with Crippen molar-refractivity contribution in [3.63, 3.8) is 0 Å². The van der Waals surface area contributed by atoms with Crippen LogP contribution in [-0.4, -0.2) is 45.2 Å². The van der Waals surface area contributed by atoms with E-state index in [2.05, 4.69) is 20.8 Å². The number of nitrogens with zero attached hydrogens (tertiary/aromatic N) is 4. The predicted octanol–water partition coefficient (Wildman–Crippen LogP) is -0.0448. The molecule has 0 aliphatic carbocycles. The van der Waals surface area contributed by atoms with Crippen molar-refractivity contribution in [2.24, 2.45) is 0 Å². The van der Waals surface area contributed by atoms with Crippen LogP contribution >= 0.6 is 0 Å².